The van der Waals surface area contributed by atoms with Crippen molar-refractivity contribution in [2.75, 3.05) is 18.9 Å². The van der Waals surface area contributed by atoms with Gasteiger partial charge in [-0.2, -0.15) is 5.26 Å². The molecule has 3 nitrogen and oxygen atoms in total. The summed E-state index contributed by atoms with van der Waals surface area (Å²) in [5, 5.41) is 12.4. The number of rotatable bonds is 3. The SMILES string of the molecule is CN1C2CCC1CC(CNc1ccc(C#N)cc1Br)C2. The number of hydrogen-bond donors (Lipinski definition) is 1. The lowest BCUT2D eigenvalue weighted by Gasteiger charge is -2.36. The first-order chi connectivity index (χ1) is 9.67. The third-order valence-corrected chi connectivity index (χ3v) is 5.53. The van der Waals surface area contributed by atoms with E-state index in [9.17, 15) is 0 Å². The first-order valence-corrected chi connectivity index (χ1v) is 8.12. The molecule has 2 unspecified atom stereocenters. The van der Waals surface area contributed by atoms with E-state index in [0.29, 0.717) is 5.56 Å². The summed E-state index contributed by atoms with van der Waals surface area (Å²) >= 11 is 3.54. The van der Waals surface area contributed by atoms with Gasteiger partial charge >= 0.3 is 0 Å². The Morgan fingerprint density at radius 1 is 1.35 bits per heavy atom. The Bertz CT molecular complexity index is 523. The second-order valence-electron chi connectivity index (χ2n) is 6.08. The molecule has 2 aliphatic rings. The second-order valence-corrected chi connectivity index (χ2v) is 6.93. The van der Waals surface area contributed by atoms with Crippen molar-refractivity contribution in [1.82, 2.24) is 4.90 Å². The molecule has 1 N–H and O–H groups in total. The number of piperidine rings is 1. The molecule has 20 heavy (non-hydrogen) atoms. The summed E-state index contributed by atoms with van der Waals surface area (Å²) in [6, 6.07) is 9.49. The van der Waals surface area contributed by atoms with Crippen molar-refractivity contribution in [2.24, 2.45) is 5.92 Å². The van der Waals surface area contributed by atoms with E-state index in [1.54, 1.807) is 0 Å². The maximum absolute atomic E-state index is 8.88. The van der Waals surface area contributed by atoms with Gasteiger partial charge in [-0.15, -0.1) is 0 Å². The van der Waals surface area contributed by atoms with Gasteiger partial charge in [-0.25, -0.2) is 0 Å². The molecule has 2 fully saturated rings. The first-order valence-electron chi connectivity index (χ1n) is 7.33. The van der Waals surface area contributed by atoms with E-state index in [-0.39, 0.29) is 0 Å². The predicted molar refractivity (Wildman–Crippen MR) is 84.6 cm³/mol. The largest absolute Gasteiger partial charge is 0.384 e. The highest BCUT2D eigenvalue weighted by molar-refractivity contribution is 9.10. The Morgan fingerprint density at radius 2 is 2.05 bits per heavy atom. The van der Waals surface area contributed by atoms with Gasteiger partial charge in [0.05, 0.1) is 11.6 Å². The van der Waals surface area contributed by atoms with Gasteiger partial charge in [0.2, 0.25) is 0 Å². The van der Waals surface area contributed by atoms with Crippen LogP contribution >= 0.6 is 15.9 Å². The molecule has 0 aliphatic carbocycles. The zero-order valence-electron chi connectivity index (χ0n) is 11.8. The molecule has 0 aromatic heterocycles. The highest BCUT2D eigenvalue weighted by Gasteiger charge is 2.38. The van der Waals surface area contributed by atoms with E-state index >= 15 is 0 Å². The summed E-state index contributed by atoms with van der Waals surface area (Å²) < 4.78 is 0.979. The van der Waals surface area contributed by atoms with Crippen LogP contribution in [0.1, 0.15) is 31.2 Å². The van der Waals surface area contributed by atoms with Crippen LogP contribution in [0.15, 0.2) is 22.7 Å². The minimum atomic E-state index is 0.694. The van der Waals surface area contributed by atoms with Gasteiger partial charge < -0.3 is 10.2 Å². The third kappa shape index (κ3) is 2.70. The van der Waals surface area contributed by atoms with E-state index in [1.807, 2.05) is 18.2 Å². The van der Waals surface area contributed by atoms with E-state index in [0.717, 1.165) is 34.7 Å². The van der Waals surface area contributed by atoms with Crippen LogP contribution in [-0.2, 0) is 0 Å². The van der Waals surface area contributed by atoms with E-state index < -0.39 is 0 Å². The van der Waals surface area contributed by atoms with E-state index in [1.165, 1.54) is 25.7 Å². The van der Waals surface area contributed by atoms with Crippen molar-refractivity contribution >= 4 is 21.6 Å². The second kappa shape index (κ2) is 5.75. The van der Waals surface area contributed by atoms with Gasteiger partial charge in [0.1, 0.15) is 0 Å². The molecule has 0 amide bonds. The highest BCUT2D eigenvalue weighted by Crippen LogP contribution is 2.37. The molecule has 1 aromatic rings. The predicted octanol–water partition coefficient (Wildman–Crippen LogP) is 3.61. The number of benzene rings is 1. The van der Waals surface area contributed by atoms with Crippen LogP contribution in [-0.4, -0.2) is 30.6 Å². The molecule has 4 heteroatoms. The van der Waals surface area contributed by atoms with Crippen LogP contribution < -0.4 is 5.32 Å². The van der Waals surface area contributed by atoms with Crippen molar-refractivity contribution in [2.45, 2.75) is 37.8 Å². The maximum Gasteiger partial charge on any atom is 0.0992 e. The normalized spacial score (nSPS) is 29.1. The minimum absolute atomic E-state index is 0.694. The summed E-state index contributed by atoms with van der Waals surface area (Å²) in [7, 11) is 2.28. The van der Waals surface area contributed by atoms with Crippen molar-refractivity contribution in [3.8, 4) is 6.07 Å². The number of nitrogens with zero attached hydrogens (tertiary/aromatic N) is 2. The smallest absolute Gasteiger partial charge is 0.0992 e. The number of fused-ring (bicyclic) bond motifs is 2. The summed E-state index contributed by atoms with van der Waals surface area (Å²) in [6.45, 7) is 1.03. The quantitative estimate of drug-likeness (QED) is 0.918. The van der Waals surface area contributed by atoms with Gasteiger partial charge in [-0.3, -0.25) is 0 Å². The number of nitrogens with one attached hydrogen (secondary N) is 1. The standard InChI is InChI=1S/C16H20BrN3/c1-20-13-3-4-14(20)7-12(6-13)10-19-16-5-2-11(9-18)8-15(16)17/h2,5,8,12-14,19H,3-4,6-7,10H2,1H3. The topological polar surface area (TPSA) is 39.1 Å². The van der Waals surface area contributed by atoms with Crippen molar-refractivity contribution in [3.63, 3.8) is 0 Å². The number of halogens is 1. The fourth-order valence-electron chi connectivity index (χ4n) is 3.67. The van der Waals surface area contributed by atoms with E-state index in [2.05, 4.69) is 39.3 Å². The Balaban J connectivity index is 1.59. The molecule has 3 rings (SSSR count). The van der Waals surface area contributed by atoms with E-state index in [4.69, 9.17) is 5.26 Å². The average molecular weight is 334 g/mol. The van der Waals surface area contributed by atoms with Crippen LogP contribution in [0.4, 0.5) is 5.69 Å². The van der Waals surface area contributed by atoms with Crippen LogP contribution in [0.5, 0.6) is 0 Å². The lowest BCUT2D eigenvalue weighted by molar-refractivity contribution is 0.139. The Hall–Kier alpha value is -1.05. The molecule has 0 spiro atoms. The van der Waals surface area contributed by atoms with Crippen molar-refractivity contribution in [1.29, 1.82) is 5.26 Å². The number of nitriles is 1. The Kier molecular flexibility index (Phi) is 4.00. The summed E-state index contributed by atoms with van der Waals surface area (Å²) in [5.74, 6) is 0.770. The fraction of sp³-hybridized carbons (Fsp3) is 0.562. The molecule has 0 saturated carbocycles. The highest BCUT2D eigenvalue weighted by atomic mass is 79.9. The summed E-state index contributed by atoms with van der Waals surface area (Å²) in [5.41, 5.74) is 1.79. The zero-order chi connectivity index (χ0) is 14.1. The molecular weight excluding hydrogens is 314 g/mol. The molecule has 2 atom stereocenters. The number of hydrogen-bond acceptors (Lipinski definition) is 3. The van der Waals surface area contributed by atoms with Gasteiger partial charge in [0, 0.05) is 28.8 Å². The van der Waals surface area contributed by atoms with Crippen molar-refractivity contribution < 1.29 is 0 Å². The summed E-state index contributed by atoms with van der Waals surface area (Å²) in [4.78, 5) is 2.58. The zero-order valence-corrected chi connectivity index (χ0v) is 13.4. The minimum Gasteiger partial charge on any atom is -0.384 e. The average Bonchev–Trinajstić information content (AvgIpc) is 2.67. The lowest BCUT2D eigenvalue weighted by Crippen LogP contribution is -2.41. The van der Waals surface area contributed by atoms with Gasteiger partial charge in [0.25, 0.3) is 0 Å². The maximum atomic E-state index is 8.88. The molecule has 1 aromatic carbocycles. The molecular formula is C16H20BrN3. The summed E-state index contributed by atoms with van der Waals surface area (Å²) in [6.07, 6.45) is 5.37. The van der Waals surface area contributed by atoms with Gasteiger partial charge in [-0.1, -0.05) is 0 Å². The van der Waals surface area contributed by atoms with Crippen LogP contribution in [0.3, 0.4) is 0 Å². The lowest BCUT2D eigenvalue weighted by atomic mass is 9.91. The van der Waals surface area contributed by atoms with Crippen LogP contribution in [0.2, 0.25) is 0 Å². The molecule has 106 valence electrons. The molecule has 2 aliphatic heterocycles. The fourth-order valence-corrected chi connectivity index (χ4v) is 4.19. The first kappa shape index (κ1) is 13.9. The molecule has 2 heterocycles. The Labute approximate surface area is 129 Å². The van der Waals surface area contributed by atoms with Crippen LogP contribution in [0, 0.1) is 17.2 Å². The Morgan fingerprint density at radius 3 is 2.65 bits per heavy atom. The van der Waals surface area contributed by atoms with Crippen LogP contribution in [0.25, 0.3) is 0 Å². The molecule has 0 radical (unpaired) electrons. The molecule has 2 bridgehead atoms. The number of anilines is 1. The molecule has 2 saturated heterocycles. The van der Waals surface area contributed by atoms with Crippen molar-refractivity contribution in [3.05, 3.63) is 28.2 Å². The van der Waals surface area contributed by atoms with Gasteiger partial charge in [0.15, 0.2) is 0 Å². The third-order valence-electron chi connectivity index (χ3n) is 4.88. The van der Waals surface area contributed by atoms with Gasteiger partial charge in [-0.05, 0) is 72.8 Å². The monoisotopic (exact) mass is 333 g/mol.